The van der Waals surface area contributed by atoms with Crippen LogP contribution in [0, 0.1) is 11.6 Å². The number of hydrogen-bond donors (Lipinski definition) is 1. The van der Waals surface area contributed by atoms with Crippen molar-refractivity contribution in [3.8, 4) is 22.6 Å². The van der Waals surface area contributed by atoms with E-state index in [-0.39, 0.29) is 22.7 Å². The number of benzene rings is 1. The lowest BCUT2D eigenvalue weighted by Gasteiger charge is -2.16. The van der Waals surface area contributed by atoms with Gasteiger partial charge in [-0.15, -0.1) is 11.3 Å². The molecule has 0 spiro atoms. The van der Waals surface area contributed by atoms with Gasteiger partial charge in [-0.05, 0) is 36.6 Å². The highest BCUT2D eigenvalue weighted by atomic mass is 32.2. The molecular weight excluding hydrogens is 460 g/mol. The number of nitrogens with zero attached hydrogens (tertiary/aromatic N) is 2. The zero-order valence-corrected chi connectivity index (χ0v) is 18.6. The van der Waals surface area contributed by atoms with E-state index < -0.39 is 27.4 Å². The van der Waals surface area contributed by atoms with Crippen LogP contribution >= 0.6 is 11.3 Å². The lowest BCUT2D eigenvalue weighted by molar-refractivity contribution is 0.405. The first kappa shape index (κ1) is 21.9. The highest BCUT2D eigenvalue weighted by molar-refractivity contribution is 7.92. The summed E-state index contributed by atoms with van der Waals surface area (Å²) in [5, 5.41) is 2.36. The van der Waals surface area contributed by atoms with E-state index in [1.54, 1.807) is 24.7 Å². The van der Waals surface area contributed by atoms with E-state index in [1.165, 1.54) is 41.0 Å². The van der Waals surface area contributed by atoms with Gasteiger partial charge in [0.2, 0.25) is 15.8 Å². The van der Waals surface area contributed by atoms with Crippen molar-refractivity contribution in [3.63, 3.8) is 0 Å². The first-order chi connectivity index (χ1) is 15.2. The highest BCUT2D eigenvalue weighted by Crippen LogP contribution is 2.40. The van der Waals surface area contributed by atoms with Crippen LogP contribution in [0.15, 0.2) is 53.0 Å². The third-order valence-corrected chi connectivity index (χ3v) is 6.95. The number of aromatic nitrogens is 2. The van der Waals surface area contributed by atoms with Gasteiger partial charge in [-0.1, -0.05) is 0 Å². The Kier molecular flexibility index (Phi) is 5.70. The third-order valence-electron chi connectivity index (χ3n) is 4.74. The predicted octanol–water partition coefficient (Wildman–Crippen LogP) is 4.49. The van der Waals surface area contributed by atoms with Gasteiger partial charge < -0.3 is 9.30 Å². The number of ether oxygens (including phenoxy) is 1. The Bertz CT molecular complexity index is 1480. The van der Waals surface area contributed by atoms with Crippen LogP contribution in [0.2, 0.25) is 0 Å². The SMILES string of the molecule is CCS(=O)(=O)Nc1ccc(Oc2c(F)cncc2F)c(-c2cn(C)c(=O)c3sccc23)c1. The predicted molar refractivity (Wildman–Crippen MR) is 120 cm³/mol. The van der Waals surface area contributed by atoms with E-state index in [9.17, 15) is 22.0 Å². The van der Waals surface area contributed by atoms with Gasteiger partial charge in [-0.3, -0.25) is 14.5 Å². The van der Waals surface area contributed by atoms with Gasteiger partial charge in [0.25, 0.3) is 5.56 Å². The van der Waals surface area contributed by atoms with Crippen molar-refractivity contribution < 1.29 is 21.9 Å². The molecule has 32 heavy (non-hydrogen) atoms. The van der Waals surface area contributed by atoms with E-state index in [0.29, 0.717) is 21.2 Å². The van der Waals surface area contributed by atoms with Crippen molar-refractivity contribution >= 4 is 37.1 Å². The Morgan fingerprint density at radius 1 is 1.16 bits per heavy atom. The average Bonchev–Trinajstić information content (AvgIpc) is 3.24. The van der Waals surface area contributed by atoms with Crippen LogP contribution in [0.3, 0.4) is 0 Å². The van der Waals surface area contributed by atoms with E-state index >= 15 is 0 Å². The zero-order valence-electron chi connectivity index (χ0n) is 16.9. The molecule has 0 saturated carbocycles. The van der Waals surface area contributed by atoms with E-state index in [2.05, 4.69) is 9.71 Å². The second-order valence-corrected chi connectivity index (χ2v) is 9.80. The number of nitrogens with one attached hydrogen (secondary N) is 1. The van der Waals surface area contributed by atoms with Gasteiger partial charge in [-0.2, -0.15) is 0 Å². The molecule has 0 amide bonds. The normalized spacial score (nSPS) is 11.6. The summed E-state index contributed by atoms with van der Waals surface area (Å²) in [5.41, 5.74) is 0.916. The number of hydrogen-bond acceptors (Lipinski definition) is 6. The quantitative estimate of drug-likeness (QED) is 0.442. The summed E-state index contributed by atoms with van der Waals surface area (Å²) >= 11 is 1.26. The van der Waals surface area contributed by atoms with Crippen LogP contribution in [-0.4, -0.2) is 23.7 Å². The first-order valence-corrected chi connectivity index (χ1v) is 11.9. The molecule has 4 aromatic rings. The maximum Gasteiger partial charge on any atom is 0.268 e. The molecule has 0 aliphatic rings. The van der Waals surface area contributed by atoms with Gasteiger partial charge in [0.15, 0.2) is 11.6 Å². The number of halogens is 2. The van der Waals surface area contributed by atoms with Gasteiger partial charge in [0.1, 0.15) is 10.4 Å². The minimum atomic E-state index is -3.58. The summed E-state index contributed by atoms with van der Waals surface area (Å²) in [6.45, 7) is 1.50. The number of anilines is 1. The lowest BCUT2D eigenvalue weighted by Crippen LogP contribution is -2.16. The molecule has 0 atom stereocenters. The molecule has 11 heteroatoms. The molecule has 3 aromatic heterocycles. The number of sulfonamides is 1. The van der Waals surface area contributed by atoms with Gasteiger partial charge in [0.05, 0.1) is 18.1 Å². The molecule has 3 heterocycles. The molecule has 0 saturated heterocycles. The molecule has 1 aromatic carbocycles. The zero-order chi connectivity index (χ0) is 23.0. The molecule has 0 fully saturated rings. The van der Waals surface area contributed by atoms with Crippen molar-refractivity contribution in [2.45, 2.75) is 6.92 Å². The van der Waals surface area contributed by atoms with Crippen LogP contribution in [-0.2, 0) is 17.1 Å². The molecule has 0 aliphatic carbocycles. The summed E-state index contributed by atoms with van der Waals surface area (Å²) in [7, 11) is -1.99. The summed E-state index contributed by atoms with van der Waals surface area (Å²) in [6, 6.07) is 6.08. The maximum absolute atomic E-state index is 14.2. The summed E-state index contributed by atoms with van der Waals surface area (Å²) in [4.78, 5) is 15.9. The van der Waals surface area contributed by atoms with Crippen molar-refractivity contribution in [1.82, 2.24) is 9.55 Å². The number of pyridine rings is 2. The summed E-state index contributed by atoms with van der Waals surface area (Å²) in [6.07, 6.45) is 3.22. The average molecular weight is 478 g/mol. The minimum Gasteiger partial charge on any atom is -0.450 e. The van der Waals surface area contributed by atoms with Gasteiger partial charge >= 0.3 is 0 Å². The van der Waals surface area contributed by atoms with Gasteiger partial charge in [-0.25, -0.2) is 17.2 Å². The fourth-order valence-corrected chi connectivity index (χ4v) is 4.66. The highest BCUT2D eigenvalue weighted by Gasteiger charge is 2.19. The minimum absolute atomic E-state index is 0.0691. The number of thiophene rings is 1. The molecule has 166 valence electrons. The summed E-state index contributed by atoms with van der Waals surface area (Å²) < 4.78 is 62.4. The summed E-state index contributed by atoms with van der Waals surface area (Å²) in [5.74, 6) is -2.70. The second-order valence-electron chi connectivity index (χ2n) is 6.87. The Balaban J connectivity index is 1.95. The van der Waals surface area contributed by atoms with Crippen LogP contribution in [0.5, 0.6) is 11.5 Å². The number of fused-ring (bicyclic) bond motifs is 1. The molecule has 0 aliphatic heterocycles. The Morgan fingerprint density at radius 3 is 2.56 bits per heavy atom. The van der Waals surface area contributed by atoms with Gasteiger partial charge in [0, 0.05) is 35.4 Å². The first-order valence-electron chi connectivity index (χ1n) is 9.38. The topological polar surface area (TPSA) is 90.3 Å². The van der Waals surface area contributed by atoms with E-state index in [1.807, 2.05) is 0 Å². The van der Waals surface area contributed by atoms with Crippen LogP contribution in [0.1, 0.15) is 6.92 Å². The molecule has 0 unspecified atom stereocenters. The van der Waals surface area contributed by atoms with Crippen molar-refractivity contribution in [3.05, 3.63) is 70.2 Å². The molecule has 0 radical (unpaired) electrons. The Labute approximate surface area is 186 Å². The maximum atomic E-state index is 14.2. The van der Waals surface area contributed by atoms with Crippen LogP contribution < -0.4 is 15.0 Å². The van der Waals surface area contributed by atoms with Crippen molar-refractivity contribution in [2.24, 2.45) is 7.05 Å². The van der Waals surface area contributed by atoms with E-state index in [4.69, 9.17) is 4.74 Å². The fourth-order valence-electron chi connectivity index (χ4n) is 3.14. The van der Waals surface area contributed by atoms with E-state index in [0.717, 1.165) is 12.4 Å². The Morgan fingerprint density at radius 2 is 1.88 bits per heavy atom. The smallest absolute Gasteiger partial charge is 0.268 e. The Hall–Kier alpha value is -3.31. The molecule has 4 rings (SSSR count). The second kappa shape index (κ2) is 8.32. The van der Waals surface area contributed by atoms with Crippen LogP contribution in [0.25, 0.3) is 21.2 Å². The van der Waals surface area contributed by atoms with Crippen molar-refractivity contribution in [2.75, 3.05) is 10.5 Å². The number of rotatable bonds is 6. The fraction of sp³-hybridized carbons (Fsp3) is 0.143. The molecule has 0 bridgehead atoms. The monoisotopic (exact) mass is 477 g/mol. The third kappa shape index (κ3) is 4.08. The molecular formula is C21H17F2N3O4S2. The molecule has 7 nitrogen and oxygen atoms in total. The number of aryl methyl sites for hydroxylation is 1. The lowest BCUT2D eigenvalue weighted by atomic mass is 10.0. The largest absolute Gasteiger partial charge is 0.450 e. The van der Waals surface area contributed by atoms with Crippen LogP contribution in [0.4, 0.5) is 14.5 Å². The standard InChI is InChI=1S/C21H17F2N3O4S2/c1-3-32(28,29)25-12-4-5-18(30-19-16(22)9-24-10-17(19)23)14(8-12)15-11-26(2)21(27)20-13(15)6-7-31-20/h4-11,25H,3H2,1-2H3. The molecule has 1 N–H and O–H groups in total. The van der Waals surface area contributed by atoms with Crippen molar-refractivity contribution in [1.29, 1.82) is 0 Å².